The van der Waals surface area contributed by atoms with Gasteiger partial charge in [-0.15, -0.1) is 0 Å². The minimum atomic E-state index is -4.68. The van der Waals surface area contributed by atoms with Gasteiger partial charge in [-0.2, -0.15) is 13.2 Å². The molecule has 0 aliphatic heterocycles. The summed E-state index contributed by atoms with van der Waals surface area (Å²) >= 11 is 0. The van der Waals surface area contributed by atoms with E-state index < -0.39 is 22.4 Å². The number of rotatable bonds is 6. The van der Waals surface area contributed by atoms with Gasteiger partial charge in [-0.3, -0.25) is 24.9 Å². The molecular weight excluding hydrogens is 391 g/mol. The number of anilines is 1. The number of nitrogens with zero attached hydrogens (tertiary/aromatic N) is 3. The average molecular weight is 405 g/mol. The normalized spacial score (nSPS) is 11.3. The Morgan fingerprint density at radius 2 is 1.76 bits per heavy atom. The molecule has 11 heteroatoms. The van der Waals surface area contributed by atoms with Gasteiger partial charge in [-0.25, -0.2) is 0 Å². The van der Waals surface area contributed by atoms with Crippen molar-refractivity contribution in [3.05, 3.63) is 70.0 Å². The third-order valence-corrected chi connectivity index (χ3v) is 3.98. The summed E-state index contributed by atoms with van der Waals surface area (Å²) in [6.07, 6.45) is -1.64. The van der Waals surface area contributed by atoms with E-state index in [0.717, 1.165) is 12.1 Å². The quantitative estimate of drug-likeness (QED) is 0.370. The topological polar surface area (TPSA) is 110 Å². The van der Waals surface area contributed by atoms with E-state index in [1.54, 1.807) is 18.2 Å². The van der Waals surface area contributed by atoms with Gasteiger partial charge in [0.2, 0.25) is 0 Å². The number of hydrogen-bond acceptors (Lipinski definition) is 6. The molecule has 0 atom stereocenters. The summed E-state index contributed by atoms with van der Waals surface area (Å²) in [4.78, 5) is 30.6. The first-order valence-electron chi connectivity index (χ1n) is 8.34. The highest BCUT2D eigenvalue weighted by Crippen LogP contribution is 2.34. The lowest BCUT2D eigenvalue weighted by Crippen LogP contribution is -2.28. The molecule has 1 amide bonds. The molecule has 0 fully saturated rings. The maximum absolute atomic E-state index is 12.7. The molecule has 8 nitrogen and oxygen atoms in total. The zero-order valence-corrected chi connectivity index (χ0v) is 14.7. The van der Waals surface area contributed by atoms with E-state index in [9.17, 15) is 28.1 Å². The molecule has 0 aliphatic carbocycles. The van der Waals surface area contributed by atoms with Crippen LogP contribution in [0.1, 0.15) is 15.9 Å². The summed E-state index contributed by atoms with van der Waals surface area (Å²) < 4.78 is 38.2. The predicted octanol–water partition coefficient (Wildman–Crippen LogP) is 3.40. The van der Waals surface area contributed by atoms with E-state index in [2.05, 4.69) is 20.6 Å². The Morgan fingerprint density at radius 1 is 1.03 bits per heavy atom. The van der Waals surface area contributed by atoms with Crippen LogP contribution in [0.2, 0.25) is 0 Å². The van der Waals surface area contributed by atoms with Gasteiger partial charge in [-0.05, 0) is 30.3 Å². The van der Waals surface area contributed by atoms with Gasteiger partial charge in [0.25, 0.3) is 11.6 Å². The number of carbonyl (C=O) groups excluding carboxylic acids is 1. The zero-order chi connectivity index (χ0) is 21.0. The van der Waals surface area contributed by atoms with Gasteiger partial charge in [-0.1, -0.05) is 0 Å². The van der Waals surface area contributed by atoms with E-state index in [1.165, 1.54) is 12.4 Å². The number of nitro groups is 1. The maximum Gasteiger partial charge on any atom is 0.416 e. The lowest BCUT2D eigenvalue weighted by molar-refractivity contribution is -0.384. The third kappa shape index (κ3) is 4.75. The molecule has 3 rings (SSSR count). The van der Waals surface area contributed by atoms with Gasteiger partial charge in [0.05, 0.1) is 21.5 Å². The SMILES string of the molecule is O=C(NCCNc1ccc(C(F)(F)F)cc1[N+](=O)[O-])c1ccc2nccnc2c1. The number of aromatic nitrogens is 2. The molecule has 2 aromatic carbocycles. The second-order valence-electron chi connectivity index (χ2n) is 5.93. The number of nitro benzene ring substituents is 1. The molecule has 0 saturated carbocycles. The van der Waals surface area contributed by atoms with Crippen molar-refractivity contribution in [2.75, 3.05) is 18.4 Å². The standard InChI is InChI=1S/C18H14F3N5O3/c19-18(20,21)12-2-4-14(16(10-12)26(28)29)23-7-8-25-17(27)11-1-3-13-15(9-11)24-6-5-22-13/h1-6,9-10,23H,7-8H2,(H,25,27). The molecule has 0 spiro atoms. The average Bonchev–Trinajstić information content (AvgIpc) is 2.69. The second-order valence-corrected chi connectivity index (χ2v) is 5.93. The summed E-state index contributed by atoms with van der Waals surface area (Å²) in [5.74, 6) is -0.388. The van der Waals surface area contributed by atoms with E-state index >= 15 is 0 Å². The summed E-state index contributed by atoms with van der Waals surface area (Å²) in [7, 11) is 0. The highest BCUT2D eigenvalue weighted by Gasteiger charge is 2.33. The first kappa shape index (κ1) is 20.0. The van der Waals surface area contributed by atoms with Crippen molar-refractivity contribution < 1.29 is 22.9 Å². The fourth-order valence-corrected chi connectivity index (χ4v) is 2.59. The van der Waals surface area contributed by atoms with Crippen LogP contribution in [-0.4, -0.2) is 33.9 Å². The number of hydrogen-bond donors (Lipinski definition) is 2. The lowest BCUT2D eigenvalue weighted by atomic mass is 10.1. The van der Waals surface area contributed by atoms with Crippen LogP contribution in [0.3, 0.4) is 0 Å². The third-order valence-electron chi connectivity index (χ3n) is 3.98. The van der Waals surface area contributed by atoms with Crippen molar-refractivity contribution >= 4 is 28.3 Å². The van der Waals surface area contributed by atoms with Crippen LogP contribution in [0.5, 0.6) is 0 Å². The van der Waals surface area contributed by atoms with Crippen LogP contribution >= 0.6 is 0 Å². The van der Waals surface area contributed by atoms with Crippen LogP contribution in [0, 0.1) is 10.1 Å². The van der Waals surface area contributed by atoms with Crippen molar-refractivity contribution in [3.63, 3.8) is 0 Å². The Morgan fingerprint density at radius 3 is 2.45 bits per heavy atom. The van der Waals surface area contributed by atoms with Gasteiger partial charge < -0.3 is 10.6 Å². The maximum atomic E-state index is 12.7. The van der Waals surface area contributed by atoms with Crippen LogP contribution < -0.4 is 10.6 Å². The Hall–Kier alpha value is -3.76. The summed E-state index contributed by atoms with van der Waals surface area (Å²) in [6.45, 7) is 0.168. The summed E-state index contributed by atoms with van der Waals surface area (Å²) in [5.41, 5.74) is -0.322. The number of carbonyl (C=O) groups is 1. The largest absolute Gasteiger partial charge is 0.416 e. The molecule has 3 aromatic rings. The van der Waals surface area contributed by atoms with Crippen LogP contribution in [0.4, 0.5) is 24.5 Å². The van der Waals surface area contributed by atoms with E-state index in [-0.39, 0.29) is 24.7 Å². The molecule has 0 aliphatic rings. The highest BCUT2D eigenvalue weighted by atomic mass is 19.4. The molecule has 1 aromatic heterocycles. The van der Waals surface area contributed by atoms with Gasteiger partial charge in [0, 0.05) is 37.1 Å². The molecule has 0 unspecified atom stereocenters. The predicted molar refractivity (Wildman–Crippen MR) is 98.5 cm³/mol. The number of alkyl halides is 3. The fourth-order valence-electron chi connectivity index (χ4n) is 2.59. The fraction of sp³-hybridized carbons (Fsp3) is 0.167. The minimum absolute atomic E-state index is 0.0711. The van der Waals surface area contributed by atoms with E-state index in [4.69, 9.17) is 0 Å². The van der Waals surface area contributed by atoms with Crippen molar-refractivity contribution in [1.82, 2.24) is 15.3 Å². The molecule has 150 valence electrons. The number of amides is 1. The van der Waals surface area contributed by atoms with Crippen molar-refractivity contribution in [2.24, 2.45) is 0 Å². The minimum Gasteiger partial charge on any atom is -0.378 e. The Bertz CT molecular complexity index is 1070. The lowest BCUT2D eigenvalue weighted by Gasteiger charge is -2.11. The molecular formula is C18H14F3N5O3. The number of halogens is 3. The Labute approximate surface area is 161 Å². The molecule has 1 heterocycles. The van der Waals surface area contributed by atoms with Crippen molar-refractivity contribution in [2.45, 2.75) is 6.18 Å². The van der Waals surface area contributed by atoms with Crippen LogP contribution in [-0.2, 0) is 6.18 Å². The van der Waals surface area contributed by atoms with E-state index in [1.807, 2.05) is 0 Å². The first-order chi connectivity index (χ1) is 13.8. The summed E-state index contributed by atoms with van der Waals surface area (Å²) in [6, 6.07) is 7.03. The molecule has 0 saturated heterocycles. The number of nitrogens with one attached hydrogen (secondary N) is 2. The number of fused-ring (bicyclic) bond motifs is 1. The number of benzene rings is 2. The van der Waals surface area contributed by atoms with Gasteiger partial charge in [0.15, 0.2) is 0 Å². The van der Waals surface area contributed by atoms with Crippen LogP contribution in [0.15, 0.2) is 48.8 Å². The molecule has 29 heavy (non-hydrogen) atoms. The van der Waals surface area contributed by atoms with Crippen molar-refractivity contribution in [1.29, 1.82) is 0 Å². The first-order valence-corrected chi connectivity index (χ1v) is 8.34. The van der Waals surface area contributed by atoms with Crippen LogP contribution in [0.25, 0.3) is 11.0 Å². The smallest absolute Gasteiger partial charge is 0.378 e. The second kappa shape index (κ2) is 8.09. The monoisotopic (exact) mass is 405 g/mol. The molecule has 0 bridgehead atoms. The van der Waals surface area contributed by atoms with Crippen molar-refractivity contribution in [3.8, 4) is 0 Å². The molecule has 0 radical (unpaired) electrons. The highest BCUT2D eigenvalue weighted by molar-refractivity contribution is 5.97. The Kier molecular flexibility index (Phi) is 5.57. The Balaban J connectivity index is 1.61. The zero-order valence-electron chi connectivity index (χ0n) is 14.7. The van der Waals surface area contributed by atoms with E-state index in [0.29, 0.717) is 22.7 Å². The molecule has 2 N–H and O–H groups in total. The summed E-state index contributed by atoms with van der Waals surface area (Å²) in [5, 5.41) is 16.3. The van der Waals surface area contributed by atoms with Gasteiger partial charge in [0.1, 0.15) is 5.69 Å². The van der Waals surface area contributed by atoms with Gasteiger partial charge >= 0.3 is 6.18 Å².